The highest BCUT2D eigenvalue weighted by Gasteiger charge is 2.22. The highest BCUT2D eigenvalue weighted by molar-refractivity contribution is 7.84. The minimum Gasteiger partial charge on any atom is -0.384 e. The average molecular weight is 533 g/mol. The molecule has 1 aliphatic rings. The monoisotopic (exact) mass is 532 g/mol. The van der Waals surface area contributed by atoms with Gasteiger partial charge in [0.05, 0.1) is 27.6 Å². The number of rotatable bonds is 5. The fourth-order valence-corrected chi connectivity index (χ4v) is 5.43. The number of para-hydroxylation sites is 1. The summed E-state index contributed by atoms with van der Waals surface area (Å²) in [6.07, 6.45) is 3.41. The smallest absolute Gasteiger partial charge is 0.259 e. The lowest BCUT2D eigenvalue weighted by Gasteiger charge is -2.37. The first-order valence-electron chi connectivity index (χ1n) is 12.8. The normalized spacial score (nSPS) is 14.1. The number of hydrogen-bond donors (Lipinski definition) is 1. The number of piperazine rings is 1. The highest BCUT2D eigenvalue weighted by atomic mass is 32.2. The molecule has 1 fully saturated rings. The van der Waals surface area contributed by atoms with Crippen molar-refractivity contribution in [1.29, 1.82) is 0 Å². The van der Waals surface area contributed by atoms with Crippen molar-refractivity contribution in [2.45, 2.75) is 25.7 Å². The zero-order valence-electron chi connectivity index (χ0n) is 22.8. The second-order valence-corrected chi connectivity index (χ2v) is 10.8. The molecule has 0 aliphatic carbocycles. The van der Waals surface area contributed by atoms with Gasteiger partial charge in [-0.25, -0.2) is 0 Å². The van der Waals surface area contributed by atoms with Gasteiger partial charge in [0, 0.05) is 51.4 Å². The van der Waals surface area contributed by atoms with Crippen LogP contribution in [-0.4, -0.2) is 58.0 Å². The Bertz CT molecular complexity index is 1490. The Labute approximate surface area is 226 Å². The maximum atomic E-state index is 12.8. The van der Waals surface area contributed by atoms with Gasteiger partial charge in [-0.3, -0.25) is 13.6 Å². The van der Waals surface area contributed by atoms with Crippen molar-refractivity contribution in [3.8, 4) is 0 Å². The van der Waals surface area contributed by atoms with E-state index in [1.54, 1.807) is 17.0 Å². The lowest BCUT2D eigenvalue weighted by molar-refractivity contribution is 0.623. The van der Waals surface area contributed by atoms with Crippen molar-refractivity contribution < 1.29 is 4.21 Å². The Morgan fingerprint density at radius 3 is 2.37 bits per heavy atom. The number of aromatic nitrogens is 3. The molecule has 5 rings (SSSR count). The molecule has 0 radical (unpaired) electrons. The summed E-state index contributed by atoms with van der Waals surface area (Å²) in [5, 5.41) is 13.2. The molecule has 1 atom stereocenters. The third kappa shape index (κ3) is 6.05. The lowest BCUT2D eigenvalue weighted by atomic mass is 10.1. The van der Waals surface area contributed by atoms with Crippen molar-refractivity contribution in [2.75, 3.05) is 54.1 Å². The number of nitrogens with one attached hydrogen (secondary N) is 1. The van der Waals surface area contributed by atoms with Gasteiger partial charge in [-0.1, -0.05) is 29.8 Å². The summed E-state index contributed by atoms with van der Waals surface area (Å²) < 4.78 is 13.0. The van der Waals surface area contributed by atoms with Crippen molar-refractivity contribution >= 4 is 38.9 Å². The molecule has 1 aliphatic heterocycles. The predicted octanol–water partition coefficient (Wildman–Crippen LogP) is 4.13. The van der Waals surface area contributed by atoms with Gasteiger partial charge in [0.25, 0.3) is 5.56 Å². The number of benzene rings is 2. The Morgan fingerprint density at radius 2 is 1.68 bits per heavy atom. The van der Waals surface area contributed by atoms with Gasteiger partial charge in [0.15, 0.2) is 5.82 Å². The molecule has 0 spiro atoms. The summed E-state index contributed by atoms with van der Waals surface area (Å²) in [6, 6.07) is 17.8. The van der Waals surface area contributed by atoms with Crippen LogP contribution < -0.4 is 20.7 Å². The highest BCUT2D eigenvalue weighted by Crippen LogP contribution is 2.23. The van der Waals surface area contributed by atoms with Crippen LogP contribution in [0.25, 0.3) is 10.8 Å². The van der Waals surface area contributed by atoms with Gasteiger partial charge in [-0.2, -0.15) is 5.10 Å². The molecule has 1 N–H and O–H groups in total. The van der Waals surface area contributed by atoms with E-state index in [1.807, 2.05) is 63.4 Å². The molecular weight excluding hydrogens is 496 g/mol. The first-order valence-corrected chi connectivity index (χ1v) is 14.4. The number of pyridine rings is 1. The molecule has 0 amide bonds. The van der Waals surface area contributed by atoms with Crippen molar-refractivity contribution in [2.24, 2.45) is 7.05 Å². The van der Waals surface area contributed by atoms with Crippen LogP contribution in [0.2, 0.25) is 0 Å². The van der Waals surface area contributed by atoms with E-state index in [0.717, 1.165) is 76.8 Å². The summed E-state index contributed by atoms with van der Waals surface area (Å²) >= 11 is 0. The minimum atomic E-state index is -0.904. The van der Waals surface area contributed by atoms with Gasteiger partial charge in [-0.15, -0.1) is 5.10 Å². The van der Waals surface area contributed by atoms with Crippen LogP contribution in [0.3, 0.4) is 0 Å². The molecule has 8 nitrogen and oxygen atoms in total. The lowest BCUT2D eigenvalue weighted by Crippen LogP contribution is -2.48. The van der Waals surface area contributed by atoms with Gasteiger partial charge in [0.1, 0.15) is 5.82 Å². The van der Waals surface area contributed by atoms with Crippen LogP contribution in [0.5, 0.6) is 0 Å². The van der Waals surface area contributed by atoms with Crippen LogP contribution in [0.15, 0.2) is 70.5 Å². The molecule has 3 heterocycles. The third-order valence-corrected chi connectivity index (χ3v) is 7.71. The molecule has 9 heteroatoms. The maximum absolute atomic E-state index is 12.8. The Hall–Kier alpha value is -3.72. The Kier molecular flexibility index (Phi) is 8.78. The van der Waals surface area contributed by atoms with E-state index in [4.69, 9.17) is 0 Å². The molecule has 0 saturated carbocycles. The van der Waals surface area contributed by atoms with Crippen molar-refractivity contribution in [1.82, 2.24) is 14.8 Å². The quantitative estimate of drug-likeness (QED) is 0.414. The number of aryl methyl sites for hydroxylation is 2. The average Bonchev–Trinajstić information content (AvgIpc) is 2.92. The van der Waals surface area contributed by atoms with Crippen molar-refractivity contribution in [3.05, 3.63) is 82.3 Å². The fraction of sp³-hybridized carbons (Fsp3) is 0.345. The number of hydrogen-bond acceptors (Lipinski definition) is 7. The van der Waals surface area contributed by atoms with E-state index < -0.39 is 10.8 Å². The van der Waals surface area contributed by atoms with Crippen LogP contribution in [0, 0.1) is 13.8 Å². The number of anilines is 3. The van der Waals surface area contributed by atoms with Gasteiger partial charge in [0.2, 0.25) is 0 Å². The zero-order chi connectivity index (χ0) is 27.2. The van der Waals surface area contributed by atoms with Gasteiger partial charge >= 0.3 is 0 Å². The molecule has 1 saturated heterocycles. The maximum Gasteiger partial charge on any atom is 0.259 e. The SMILES string of the molecule is CCNc1ccccc1S(C)=O.Cc1ccc2cc(N3CCN(c4nnccc4C)CC3)n(C)c(=O)c2c1. The number of fused-ring (bicyclic) bond motifs is 1. The molecule has 2 aromatic heterocycles. The van der Waals surface area contributed by atoms with Crippen LogP contribution >= 0.6 is 0 Å². The zero-order valence-corrected chi connectivity index (χ0v) is 23.6. The van der Waals surface area contributed by atoms with E-state index in [2.05, 4.69) is 44.4 Å². The van der Waals surface area contributed by atoms with E-state index in [1.165, 1.54) is 0 Å². The first kappa shape index (κ1) is 27.3. The van der Waals surface area contributed by atoms with Crippen LogP contribution in [0.1, 0.15) is 18.1 Å². The largest absolute Gasteiger partial charge is 0.384 e. The van der Waals surface area contributed by atoms with E-state index >= 15 is 0 Å². The van der Waals surface area contributed by atoms with Gasteiger partial charge in [-0.05, 0) is 62.1 Å². The molecule has 200 valence electrons. The third-order valence-electron chi connectivity index (χ3n) is 6.74. The molecular formula is C29H36N6O2S. The first-order chi connectivity index (χ1) is 18.3. The van der Waals surface area contributed by atoms with E-state index in [9.17, 15) is 9.00 Å². The fourth-order valence-electron chi connectivity index (χ4n) is 4.71. The summed E-state index contributed by atoms with van der Waals surface area (Å²) in [7, 11) is 0.955. The molecule has 0 bridgehead atoms. The van der Waals surface area contributed by atoms with E-state index in [-0.39, 0.29) is 5.56 Å². The van der Waals surface area contributed by atoms with Crippen LogP contribution in [-0.2, 0) is 17.8 Å². The second kappa shape index (κ2) is 12.2. The Morgan fingerprint density at radius 1 is 0.974 bits per heavy atom. The molecule has 4 aromatic rings. The summed E-state index contributed by atoms with van der Waals surface area (Å²) in [5.74, 6) is 1.93. The van der Waals surface area contributed by atoms with Crippen molar-refractivity contribution in [3.63, 3.8) is 0 Å². The number of nitrogens with zero attached hydrogens (tertiary/aromatic N) is 5. The molecule has 1 unspecified atom stereocenters. The Balaban J connectivity index is 0.000000236. The predicted molar refractivity (Wildman–Crippen MR) is 158 cm³/mol. The topological polar surface area (TPSA) is 83.4 Å². The summed E-state index contributed by atoms with van der Waals surface area (Å²) in [4.78, 5) is 18.2. The summed E-state index contributed by atoms with van der Waals surface area (Å²) in [6.45, 7) is 10.4. The molecule has 2 aromatic carbocycles. The summed E-state index contributed by atoms with van der Waals surface area (Å²) in [5.41, 5.74) is 3.28. The second-order valence-electron chi connectivity index (χ2n) is 9.45. The molecule has 38 heavy (non-hydrogen) atoms. The van der Waals surface area contributed by atoms with E-state index in [0.29, 0.717) is 0 Å². The van der Waals surface area contributed by atoms with Gasteiger partial charge < -0.3 is 15.1 Å². The standard InChI is InChI=1S/C20H23N5O.C9H13NOS/c1-14-4-5-16-13-18(23(3)20(26)17(16)12-14)24-8-10-25(11-9-24)19-15(2)6-7-21-22-19;1-3-10-8-6-4-5-7-9(8)12(2)11/h4-7,12-13H,8-11H2,1-3H3;4-7,10H,3H2,1-2H3. The minimum absolute atomic E-state index is 0.0633. The van der Waals surface area contributed by atoms with Crippen LogP contribution in [0.4, 0.5) is 17.3 Å².